The van der Waals surface area contributed by atoms with Crippen molar-refractivity contribution in [2.24, 2.45) is 0 Å². The average Bonchev–Trinajstić information content (AvgIpc) is 2.00. The minimum absolute atomic E-state index is 0. The minimum Gasteiger partial charge on any atom is -0.309 e. The molecule has 0 aliphatic carbocycles. The summed E-state index contributed by atoms with van der Waals surface area (Å²) in [6.07, 6.45) is 2.33. The molecule has 0 saturated carbocycles. The Kier molecular flexibility index (Phi) is 10.4. The second-order valence-electron chi connectivity index (χ2n) is 2.04. The van der Waals surface area contributed by atoms with Crippen LogP contribution in [0.4, 0.5) is 0 Å². The molecule has 11 heavy (non-hydrogen) atoms. The summed E-state index contributed by atoms with van der Waals surface area (Å²) in [6, 6.07) is 0. The van der Waals surface area contributed by atoms with E-state index in [0.717, 1.165) is 6.16 Å². The quantitative estimate of drug-likeness (QED) is 0.512. The fraction of sp³-hybridized carbons (Fsp3) is 1.00. The van der Waals surface area contributed by atoms with Crippen LogP contribution >= 0.6 is 16.2 Å². The van der Waals surface area contributed by atoms with E-state index in [1.807, 2.05) is 20.8 Å². The van der Waals surface area contributed by atoms with E-state index in [0.29, 0.717) is 21.1 Å². The third kappa shape index (κ3) is 6.33. The first kappa shape index (κ1) is 14.7. The Bertz CT molecular complexity index is 122. The average molecular weight is 212 g/mol. The Hall–Kier alpha value is 1.15. The summed E-state index contributed by atoms with van der Waals surface area (Å²) >= 11 is 0. The van der Waals surface area contributed by atoms with Crippen molar-refractivity contribution >= 4 is 33.5 Å². The summed E-state index contributed by atoms with van der Waals surface area (Å²) in [5.74, 6) is 0. The van der Waals surface area contributed by atoms with Crippen molar-refractivity contribution in [1.82, 2.24) is 0 Å². The molecule has 2 nitrogen and oxygen atoms in total. The van der Waals surface area contributed by atoms with Gasteiger partial charge in [-0.25, -0.2) is 0 Å². The van der Waals surface area contributed by atoms with Gasteiger partial charge in [-0.3, -0.25) is 4.57 Å². The van der Waals surface area contributed by atoms with Gasteiger partial charge in [-0.15, -0.1) is 0 Å². The van der Waals surface area contributed by atoms with Gasteiger partial charge >= 0.3 is 0 Å². The van der Waals surface area contributed by atoms with E-state index in [2.05, 4.69) is 0 Å². The molecule has 0 fully saturated rings. The zero-order valence-electron chi connectivity index (χ0n) is 6.89. The third-order valence-electron chi connectivity index (χ3n) is 1.34. The van der Waals surface area contributed by atoms with Crippen LogP contribution < -0.4 is 0 Å². The van der Waals surface area contributed by atoms with Gasteiger partial charge in [0.2, 0.25) is 7.37 Å². The summed E-state index contributed by atoms with van der Waals surface area (Å²) in [5, 5.41) is 0. The van der Waals surface area contributed by atoms with Crippen molar-refractivity contribution in [3.05, 3.63) is 0 Å². The van der Waals surface area contributed by atoms with Crippen LogP contribution in [-0.2, 0) is 8.88 Å². The van der Waals surface area contributed by atoms with Crippen LogP contribution in [0.1, 0.15) is 20.8 Å². The molecular weight excluding hydrogens is 193 g/mol. The Morgan fingerprint density at radius 2 is 1.73 bits per heavy atom. The number of hydrogen-bond donors (Lipinski definition) is 0. The Balaban J connectivity index is 0. The lowest BCUT2D eigenvalue weighted by Gasteiger charge is -2.12. The second-order valence-corrected chi connectivity index (χ2v) is 6.66. The first-order chi connectivity index (χ1) is 4.68. The van der Waals surface area contributed by atoms with Gasteiger partial charge in [-0.1, -0.05) is 20.8 Å². The highest BCUT2D eigenvalue weighted by molar-refractivity contribution is 7.64. The molecular formula is C6H19AlO2P2. The fourth-order valence-corrected chi connectivity index (χ4v) is 3.47. The van der Waals surface area contributed by atoms with Crippen molar-refractivity contribution < 1.29 is 8.88 Å². The summed E-state index contributed by atoms with van der Waals surface area (Å²) in [6.45, 7) is 5.88. The predicted octanol–water partition coefficient (Wildman–Crippen LogP) is 1.75. The van der Waals surface area contributed by atoms with Crippen LogP contribution in [0.3, 0.4) is 0 Å². The zero-order valence-corrected chi connectivity index (χ0v) is 8.78. The van der Waals surface area contributed by atoms with Gasteiger partial charge in [-0.05, 0) is 6.16 Å². The normalized spacial score (nSPS) is 11.9. The molecule has 0 aromatic carbocycles. The molecule has 1 atom stereocenters. The van der Waals surface area contributed by atoms with Crippen molar-refractivity contribution in [1.29, 1.82) is 0 Å². The number of hydrogen-bond acceptors (Lipinski definition) is 2. The van der Waals surface area contributed by atoms with Gasteiger partial charge in [0.1, 0.15) is 0 Å². The van der Waals surface area contributed by atoms with E-state index in [1.165, 1.54) is 0 Å². The van der Waals surface area contributed by atoms with Gasteiger partial charge < -0.3 is 4.31 Å². The highest BCUT2D eigenvalue weighted by atomic mass is 31.2. The lowest BCUT2D eigenvalue weighted by Crippen LogP contribution is -1.88. The molecule has 0 saturated heterocycles. The highest BCUT2D eigenvalue weighted by Crippen LogP contribution is 2.51. The molecule has 0 aliphatic heterocycles. The van der Waals surface area contributed by atoms with Gasteiger partial charge in [0.15, 0.2) is 17.4 Å². The highest BCUT2D eigenvalue weighted by Gasteiger charge is 2.16. The van der Waals surface area contributed by atoms with Crippen molar-refractivity contribution in [3.63, 3.8) is 0 Å². The van der Waals surface area contributed by atoms with Crippen molar-refractivity contribution in [2.75, 3.05) is 18.5 Å². The molecule has 0 radical (unpaired) electrons. The molecule has 0 bridgehead atoms. The van der Waals surface area contributed by atoms with Crippen LogP contribution in [0.15, 0.2) is 0 Å². The molecule has 0 heterocycles. The van der Waals surface area contributed by atoms with E-state index < -0.39 is 7.37 Å². The van der Waals surface area contributed by atoms with Gasteiger partial charge in [0.05, 0.1) is 0 Å². The standard InChI is InChI=1S/C6H16O2P2.Al.3H/c1-4-9-8-10(7,5-2)6-3;;;;/h9H,4-6H2,1-3H3;;;;. The van der Waals surface area contributed by atoms with Gasteiger partial charge in [0.25, 0.3) is 0 Å². The summed E-state index contributed by atoms with van der Waals surface area (Å²) < 4.78 is 16.8. The summed E-state index contributed by atoms with van der Waals surface area (Å²) in [4.78, 5) is 0. The second kappa shape index (κ2) is 7.78. The lowest BCUT2D eigenvalue weighted by molar-refractivity contribution is 0.509. The van der Waals surface area contributed by atoms with Crippen LogP contribution in [0.25, 0.3) is 0 Å². The van der Waals surface area contributed by atoms with E-state index in [4.69, 9.17) is 4.31 Å². The monoisotopic (exact) mass is 212 g/mol. The Labute approximate surface area is 81.9 Å². The largest absolute Gasteiger partial charge is 0.309 e. The van der Waals surface area contributed by atoms with E-state index >= 15 is 0 Å². The topological polar surface area (TPSA) is 26.3 Å². The lowest BCUT2D eigenvalue weighted by atomic mass is 11.0. The molecule has 0 aliphatic rings. The molecule has 0 spiro atoms. The van der Waals surface area contributed by atoms with Crippen LogP contribution in [0.5, 0.6) is 0 Å². The molecule has 0 aromatic rings. The molecule has 0 N–H and O–H groups in total. The zero-order chi connectivity index (χ0) is 8.04. The maximum Gasteiger partial charge on any atom is 0.205 e. The molecule has 68 valence electrons. The molecule has 1 unspecified atom stereocenters. The Morgan fingerprint density at radius 1 is 1.27 bits per heavy atom. The minimum atomic E-state index is -2.19. The van der Waals surface area contributed by atoms with Gasteiger partial charge in [0, 0.05) is 21.1 Å². The predicted molar refractivity (Wildman–Crippen MR) is 58.6 cm³/mol. The van der Waals surface area contributed by atoms with E-state index in [9.17, 15) is 4.57 Å². The molecule has 0 rings (SSSR count). The fourth-order valence-electron chi connectivity index (χ4n) is 0.535. The Morgan fingerprint density at radius 3 is 2.00 bits per heavy atom. The SMILES string of the molecule is CCPOP(=O)(CC)CC.[AlH3]. The maximum absolute atomic E-state index is 11.5. The van der Waals surface area contributed by atoms with Crippen molar-refractivity contribution in [2.45, 2.75) is 20.8 Å². The first-order valence-corrected chi connectivity index (χ1v) is 6.79. The maximum atomic E-state index is 11.5. The van der Waals surface area contributed by atoms with E-state index in [1.54, 1.807) is 0 Å². The van der Waals surface area contributed by atoms with Crippen LogP contribution in [0, 0.1) is 0 Å². The smallest absolute Gasteiger partial charge is 0.205 e. The summed E-state index contributed by atoms with van der Waals surface area (Å²) in [5.41, 5.74) is 0. The van der Waals surface area contributed by atoms with Crippen molar-refractivity contribution in [3.8, 4) is 0 Å². The van der Waals surface area contributed by atoms with Crippen LogP contribution in [0.2, 0.25) is 0 Å². The van der Waals surface area contributed by atoms with Gasteiger partial charge in [-0.2, -0.15) is 0 Å². The van der Waals surface area contributed by atoms with Crippen LogP contribution in [-0.4, -0.2) is 35.8 Å². The molecule has 0 aromatic heterocycles. The molecule has 0 amide bonds. The molecule has 5 heteroatoms. The first-order valence-electron chi connectivity index (χ1n) is 3.68. The van der Waals surface area contributed by atoms with E-state index in [-0.39, 0.29) is 17.4 Å². The number of rotatable bonds is 5. The summed E-state index contributed by atoms with van der Waals surface area (Å²) in [7, 11) is -1.77. The third-order valence-corrected chi connectivity index (χ3v) is 5.40.